The van der Waals surface area contributed by atoms with Crippen molar-refractivity contribution >= 4 is 33.7 Å². The SMILES string of the molecule is NCC(NC(=O)CCCN1C(=O)c2ccc(Br)cc2C1=O)C1CC1. The third-order valence-corrected chi connectivity index (χ3v) is 5.00. The normalized spacial score (nSPS) is 17.8. The molecule has 2 aliphatic rings. The minimum Gasteiger partial charge on any atom is -0.352 e. The fourth-order valence-corrected chi connectivity index (χ4v) is 3.37. The van der Waals surface area contributed by atoms with Gasteiger partial charge in [-0.05, 0) is 43.4 Å². The highest BCUT2D eigenvalue weighted by molar-refractivity contribution is 9.10. The molecular formula is C17H20BrN3O3. The van der Waals surface area contributed by atoms with E-state index in [2.05, 4.69) is 21.2 Å². The minimum absolute atomic E-state index is 0.0501. The van der Waals surface area contributed by atoms with Crippen LogP contribution in [0.3, 0.4) is 0 Å². The van der Waals surface area contributed by atoms with E-state index in [9.17, 15) is 14.4 Å². The van der Waals surface area contributed by atoms with Crippen molar-refractivity contribution in [3.63, 3.8) is 0 Å². The number of nitrogens with two attached hydrogens (primary N) is 1. The summed E-state index contributed by atoms with van der Waals surface area (Å²) < 4.78 is 0.761. The number of halogens is 1. The van der Waals surface area contributed by atoms with Crippen LogP contribution in [0.25, 0.3) is 0 Å². The van der Waals surface area contributed by atoms with E-state index in [0.717, 1.165) is 17.3 Å². The van der Waals surface area contributed by atoms with Crippen LogP contribution in [-0.2, 0) is 4.79 Å². The van der Waals surface area contributed by atoms with Crippen LogP contribution in [0.2, 0.25) is 0 Å². The average Bonchev–Trinajstić information content (AvgIpc) is 3.37. The van der Waals surface area contributed by atoms with E-state index in [1.165, 1.54) is 4.90 Å². The van der Waals surface area contributed by atoms with Crippen LogP contribution in [0.1, 0.15) is 46.4 Å². The predicted octanol–water partition coefficient (Wildman–Crippen LogP) is 1.68. The predicted molar refractivity (Wildman–Crippen MR) is 92.5 cm³/mol. The van der Waals surface area contributed by atoms with Gasteiger partial charge in [0, 0.05) is 30.0 Å². The highest BCUT2D eigenvalue weighted by atomic mass is 79.9. The summed E-state index contributed by atoms with van der Waals surface area (Å²) in [6.45, 7) is 0.692. The molecule has 1 aromatic carbocycles. The Morgan fingerprint density at radius 3 is 2.67 bits per heavy atom. The molecule has 0 bridgehead atoms. The number of amides is 3. The van der Waals surface area contributed by atoms with Crippen molar-refractivity contribution in [2.24, 2.45) is 11.7 Å². The van der Waals surface area contributed by atoms with Crippen LogP contribution in [-0.4, -0.2) is 41.8 Å². The molecule has 1 heterocycles. The molecule has 1 aliphatic heterocycles. The number of hydrogen-bond donors (Lipinski definition) is 2. The molecule has 1 unspecified atom stereocenters. The fraction of sp³-hybridized carbons (Fsp3) is 0.471. The Labute approximate surface area is 148 Å². The van der Waals surface area contributed by atoms with Crippen molar-refractivity contribution in [3.8, 4) is 0 Å². The van der Waals surface area contributed by atoms with Gasteiger partial charge in [-0.25, -0.2) is 0 Å². The number of hydrogen-bond acceptors (Lipinski definition) is 4. The highest BCUT2D eigenvalue weighted by Gasteiger charge is 2.35. The number of carbonyl (C=O) groups excluding carboxylic acids is 3. The standard InChI is InChI=1S/C17H20BrN3O3/c18-11-5-6-12-13(8-11)17(24)21(16(12)23)7-1-2-15(22)20-14(9-19)10-3-4-10/h5-6,8,10,14H,1-4,7,9,19H2,(H,20,22). The van der Waals surface area contributed by atoms with Gasteiger partial charge in [-0.1, -0.05) is 15.9 Å². The number of benzene rings is 1. The number of rotatable bonds is 7. The van der Waals surface area contributed by atoms with Gasteiger partial charge in [0.15, 0.2) is 0 Å². The highest BCUT2D eigenvalue weighted by Crippen LogP contribution is 2.32. The molecule has 1 atom stereocenters. The Bertz CT molecular complexity index is 688. The fourth-order valence-electron chi connectivity index (χ4n) is 3.01. The van der Waals surface area contributed by atoms with Gasteiger partial charge < -0.3 is 11.1 Å². The van der Waals surface area contributed by atoms with Crippen molar-refractivity contribution in [1.29, 1.82) is 0 Å². The van der Waals surface area contributed by atoms with Gasteiger partial charge in [-0.2, -0.15) is 0 Å². The zero-order chi connectivity index (χ0) is 17.3. The quantitative estimate of drug-likeness (QED) is 0.689. The van der Waals surface area contributed by atoms with Crippen LogP contribution in [0.5, 0.6) is 0 Å². The number of nitrogens with zero attached hydrogens (tertiary/aromatic N) is 1. The lowest BCUT2D eigenvalue weighted by atomic mass is 10.1. The molecule has 1 saturated carbocycles. The van der Waals surface area contributed by atoms with E-state index in [0.29, 0.717) is 30.0 Å². The Morgan fingerprint density at radius 2 is 2.00 bits per heavy atom. The van der Waals surface area contributed by atoms with Crippen LogP contribution in [0.15, 0.2) is 22.7 Å². The van der Waals surface area contributed by atoms with E-state index in [1.54, 1.807) is 18.2 Å². The smallest absolute Gasteiger partial charge is 0.261 e. The van der Waals surface area contributed by atoms with Crippen LogP contribution in [0, 0.1) is 5.92 Å². The van der Waals surface area contributed by atoms with E-state index in [1.807, 2.05) is 0 Å². The Kier molecular flexibility index (Phi) is 5.01. The maximum Gasteiger partial charge on any atom is 0.261 e. The molecule has 1 fully saturated rings. The summed E-state index contributed by atoms with van der Waals surface area (Å²) in [5.74, 6) is -0.152. The summed E-state index contributed by atoms with van der Waals surface area (Å²) in [5.41, 5.74) is 6.51. The van der Waals surface area contributed by atoms with Crippen molar-refractivity contribution in [2.75, 3.05) is 13.1 Å². The lowest BCUT2D eigenvalue weighted by Crippen LogP contribution is -2.42. The van der Waals surface area contributed by atoms with Crippen LogP contribution in [0.4, 0.5) is 0 Å². The van der Waals surface area contributed by atoms with Gasteiger partial charge in [-0.3, -0.25) is 19.3 Å². The molecule has 6 nitrogen and oxygen atoms in total. The summed E-state index contributed by atoms with van der Waals surface area (Å²) in [4.78, 5) is 37.8. The van der Waals surface area contributed by atoms with E-state index >= 15 is 0 Å². The summed E-state index contributed by atoms with van der Waals surface area (Å²) in [6, 6.07) is 5.10. The molecule has 3 rings (SSSR count). The third-order valence-electron chi connectivity index (χ3n) is 4.51. The second kappa shape index (κ2) is 7.03. The van der Waals surface area contributed by atoms with Gasteiger partial charge in [0.2, 0.25) is 5.91 Å². The van der Waals surface area contributed by atoms with Crippen molar-refractivity contribution in [2.45, 2.75) is 31.7 Å². The Hall–Kier alpha value is -1.73. The van der Waals surface area contributed by atoms with Gasteiger partial charge in [0.25, 0.3) is 11.8 Å². The largest absolute Gasteiger partial charge is 0.352 e. The maximum atomic E-state index is 12.3. The molecule has 24 heavy (non-hydrogen) atoms. The maximum absolute atomic E-state index is 12.3. The zero-order valence-corrected chi connectivity index (χ0v) is 14.8. The lowest BCUT2D eigenvalue weighted by Gasteiger charge is -2.17. The number of nitrogens with one attached hydrogen (secondary N) is 1. The molecular weight excluding hydrogens is 374 g/mol. The number of carbonyl (C=O) groups is 3. The minimum atomic E-state index is -0.297. The zero-order valence-electron chi connectivity index (χ0n) is 13.3. The first kappa shape index (κ1) is 17.1. The summed E-state index contributed by atoms with van der Waals surface area (Å²) in [5, 5.41) is 2.94. The summed E-state index contributed by atoms with van der Waals surface area (Å²) in [7, 11) is 0. The van der Waals surface area contributed by atoms with Crippen LogP contribution < -0.4 is 11.1 Å². The Balaban J connectivity index is 1.51. The molecule has 0 saturated heterocycles. The van der Waals surface area contributed by atoms with E-state index < -0.39 is 0 Å². The topological polar surface area (TPSA) is 92.5 Å². The summed E-state index contributed by atoms with van der Waals surface area (Å²) in [6.07, 6.45) is 2.96. The molecule has 0 spiro atoms. The molecule has 3 amide bonds. The van der Waals surface area contributed by atoms with Gasteiger partial charge in [-0.15, -0.1) is 0 Å². The number of imide groups is 1. The first-order valence-corrected chi connectivity index (χ1v) is 8.95. The van der Waals surface area contributed by atoms with Crippen LogP contribution >= 0.6 is 15.9 Å². The second-order valence-electron chi connectivity index (χ2n) is 6.30. The van der Waals surface area contributed by atoms with Gasteiger partial charge >= 0.3 is 0 Å². The average molecular weight is 394 g/mol. The molecule has 128 valence electrons. The molecule has 0 radical (unpaired) electrons. The Morgan fingerprint density at radius 1 is 1.29 bits per heavy atom. The first-order chi connectivity index (χ1) is 11.5. The third kappa shape index (κ3) is 3.52. The molecule has 1 aromatic rings. The second-order valence-corrected chi connectivity index (χ2v) is 7.22. The summed E-state index contributed by atoms with van der Waals surface area (Å²) >= 11 is 3.31. The molecule has 0 aromatic heterocycles. The first-order valence-electron chi connectivity index (χ1n) is 8.16. The molecule has 7 heteroatoms. The molecule has 1 aliphatic carbocycles. The number of fused-ring (bicyclic) bond motifs is 1. The van der Waals surface area contributed by atoms with E-state index in [-0.39, 0.29) is 36.7 Å². The van der Waals surface area contributed by atoms with Crippen molar-refractivity contribution < 1.29 is 14.4 Å². The lowest BCUT2D eigenvalue weighted by molar-refractivity contribution is -0.122. The molecule has 3 N–H and O–H groups in total. The van der Waals surface area contributed by atoms with E-state index in [4.69, 9.17) is 5.73 Å². The van der Waals surface area contributed by atoms with Gasteiger partial charge in [0.05, 0.1) is 11.1 Å². The van der Waals surface area contributed by atoms with Crippen molar-refractivity contribution in [3.05, 3.63) is 33.8 Å². The van der Waals surface area contributed by atoms with Gasteiger partial charge in [0.1, 0.15) is 0 Å². The van der Waals surface area contributed by atoms with Crippen molar-refractivity contribution in [1.82, 2.24) is 10.2 Å². The monoisotopic (exact) mass is 393 g/mol.